The maximum atomic E-state index is 12.8. The van der Waals surface area contributed by atoms with Gasteiger partial charge in [0.1, 0.15) is 35.4 Å². The van der Waals surface area contributed by atoms with Crippen LogP contribution >= 0.6 is 0 Å². The maximum Gasteiger partial charge on any atom is 0.471 e. The number of alkyl halides is 3. The fourth-order valence-corrected chi connectivity index (χ4v) is 5.76. The van der Waals surface area contributed by atoms with Gasteiger partial charge in [-0.25, -0.2) is 4.79 Å². The number of methoxy groups -OCH3 is 2. The summed E-state index contributed by atoms with van der Waals surface area (Å²) in [6.07, 6.45) is -8.90. The lowest BCUT2D eigenvalue weighted by Crippen LogP contribution is -2.41. The van der Waals surface area contributed by atoms with E-state index in [2.05, 4.69) is 4.98 Å². The second-order valence-electron chi connectivity index (χ2n) is 11.3. The number of hydrogen-bond acceptors (Lipinski definition) is 9. The van der Waals surface area contributed by atoms with Crippen molar-refractivity contribution in [2.24, 2.45) is 0 Å². The lowest BCUT2D eigenvalue weighted by molar-refractivity contribution is -0.173. The van der Waals surface area contributed by atoms with Gasteiger partial charge in [-0.05, 0) is 47.4 Å². The number of halogens is 3. The predicted molar refractivity (Wildman–Crippen MR) is 173 cm³/mol. The smallest absolute Gasteiger partial charge is 0.471 e. The molecule has 0 unspecified atom stereocenters. The van der Waals surface area contributed by atoms with E-state index in [-0.39, 0.29) is 26.2 Å². The molecule has 0 aliphatic carbocycles. The molecule has 1 saturated heterocycles. The van der Waals surface area contributed by atoms with E-state index < -0.39 is 53.5 Å². The van der Waals surface area contributed by atoms with Crippen molar-refractivity contribution < 1.29 is 46.8 Å². The Morgan fingerprint density at radius 2 is 1.48 bits per heavy atom. The summed E-state index contributed by atoms with van der Waals surface area (Å²) in [4.78, 5) is 37.9. The number of rotatable bonds is 14. The number of carbonyl (C=O) groups is 1. The Balaban J connectivity index is 1.47. The first-order valence-corrected chi connectivity index (χ1v) is 15.6. The Bertz CT molecular complexity index is 1780. The van der Waals surface area contributed by atoms with E-state index in [4.69, 9.17) is 23.7 Å². The molecule has 1 fully saturated rings. The molecule has 5 rings (SSSR count). The zero-order chi connectivity index (χ0) is 35.9. The second-order valence-corrected chi connectivity index (χ2v) is 11.3. The highest BCUT2D eigenvalue weighted by atomic mass is 19.4. The molecule has 3 N–H and O–H groups in total. The van der Waals surface area contributed by atoms with Gasteiger partial charge in [0.05, 0.1) is 20.8 Å². The normalized spacial score (nSPS) is 19.2. The fourth-order valence-electron chi connectivity index (χ4n) is 5.76. The molecule has 0 saturated carbocycles. The average Bonchev–Trinajstić information content (AvgIpc) is 3.42. The van der Waals surface area contributed by atoms with E-state index in [9.17, 15) is 32.7 Å². The topological polar surface area (TPSA) is 150 Å². The van der Waals surface area contributed by atoms with Crippen molar-refractivity contribution in [1.82, 2.24) is 14.9 Å². The number of aliphatic hydroxyl groups is 1. The van der Waals surface area contributed by atoms with Gasteiger partial charge in [0.25, 0.3) is 5.56 Å². The minimum atomic E-state index is -5.04. The van der Waals surface area contributed by atoms with Crippen molar-refractivity contribution in [3.63, 3.8) is 0 Å². The van der Waals surface area contributed by atoms with Crippen LogP contribution < -0.4 is 26.0 Å². The molecule has 4 atom stereocenters. The average molecular weight is 700 g/mol. The number of amides is 1. The standard InChI is InChI=1S/C35H36F3N3O9/c1-46-25-13-9-23(10-14-25)34(22-7-4-3-5-8-22,24-11-15-26(47-2)16-12-24)49-21-27-29(43)30(48-20-6-18-39-32(44)35(36,37)38)31(50-27)41-19-17-28(42)40-33(41)45/h3-5,7-17,19,27,29-31,43H,6,18,20-21H2,1-2H3,(H,39,44)(H,40,42,45)/t27-,29-,30-,31-/m1/s1. The number of nitrogens with one attached hydrogen (secondary N) is 2. The highest BCUT2D eigenvalue weighted by molar-refractivity contribution is 5.81. The van der Waals surface area contributed by atoms with Gasteiger partial charge in [0.2, 0.25) is 0 Å². The molecular weight excluding hydrogens is 663 g/mol. The van der Waals surface area contributed by atoms with Crippen LogP contribution in [0.2, 0.25) is 0 Å². The minimum Gasteiger partial charge on any atom is -0.497 e. The molecule has 0 bridgehead atoms. The van der Waals surface area contributed by atoms with Gasteiger partial charge in [-0.1, -0.05) is 54.6 Å². The molecule has 12 nitrogen and oxygen atoms in total. The van der Waals surface area contributed by atoms with Crippen LogP contribution in [0.25, 0.3) is 0 Å². The number of benzene rings is 3. The van der Waals surface area contributed by atoms with E-state index in [1.807, 2.05) is 54.6 Å². The maximum absolute atomic E-state index is 12.8. The number of aliphatic hydroxyl groups excluding tert-OH is 1. The third-order valence-corrected chi connectivity index (χ3v) is 8.25. The predicted octanol–water partition coefficient (Wildman–Crippen LogP) is 3.27. The summed E-state index contributed by atoms with van der Waals surface area (Å²) in [7, 11) is 3.11. The number of ether oxygens (including phenoxy) is 5. The van der Waals surface area contributed by atoms with Gasteiger partial charge < -0.3 is 34.1 Å². The van der Waals surface area contributed by atoms with Crippen LogP contribution in [0, 0.1) is 0 Å². The highest BCUT2D eigenvalue weighted by Crippen LogP contribution is 2.43. The lowest BCUT2D eigenvalue weighted by Gasteiger charge is -2.37. The third-order valence-electron chi connectivity index (χ3n) is 8.25. The Hall–Kier alpha value is -4.96. The summed E-state index contributed by atoms with van der Waals surface area (Å²) in [5.74, 6) is -0.855. The van der Waals surface area contributed by atoms with Gasteiger partial charge in [-0.15, -0.1) is 0 Å². The summed E-state index contributed by atoms with van der Waals surface area (Å²) in [6, 6.07) is 25.1. The van der Waals surface area contributed by atoms with Gasteiger partial charge >= 0.3 is 17.8 Å². The Morgan fingerprint density at radius 1 is 0.900 bits per heavy atom. The van der Waals surface area contributed by atoms with Crippen LogP contribution in [0.4, 0.5) is 13.2 Å². The van der Waals surface area contributed by atoms with Crippen molar-refractivity contribution >= 4 is 5.91 Å². The molecule has 1 aliphatic heterocycles. The molecule has 0 radical (unpaired) electrons. The van der Waals surface area contributed by atoms with Crippen molar-refractivity contribution in [2.75, 3.05) is 34.0 Å². The summed E-state index contributed by atoms with van der Waals surface area (Å²) in [5.41, 5.74) is -0.604. The number of hydrogen-bond donors (Lipinski definition) is 3. The molecule has 1 aliphatic rings. The number of aromatic amines is 1. The Morgan fingerprint density at radius 3 is 2.02 bits per heavy atom. The summed E-state index contributed by atoms with van der Waals surface area (Å²) in [5, 5.41) is 13.3. The van der Waals surface area contributed by atoms with Gasteiger partial charge in [0, 0.05) is 25.4 Å². The van der Waals surface area contributed by atoms with Crippen molar-refractivity contribution in [1.29, 1.82) is 0 Å². The molecule has 0 spiro atoms. The minimum absolute atomic E-state index is 0.0501. The Kier molecular flexibility index (Phi) is 11.4. The molecule has 3 aromatic carbocycles. The summed E-state index contributed by atoms with van der Waals surface area (Å²) < 4.78 is 68.5. The molecular formula is C35H36F3N3O9. The summed E-state index contributed by atoms with van der Waals surface area (Å²) in [6.45, 7) is -0.817. The van der Waals surface area contributed by atoms with Gasteiger partial charge in [0.15, 0.2) is 6.23 Å². The molecule has 50 heavy (non-hydrogen) atoms. The van der Waals surface area contributed by atoms with E-state index in [0.717, 1.165) is 16.2 Å². The summed E-state index contributed by atoms with van der Waals surface area (Å²) >= 11 is 0. The van der Waals surface area contributed by atoms with Crippen LogP contribution in [-0.2, 0) is 24.6 Å². The number of aromatic nitrogens is 2. The number of carbonyl (C=O) groups excluding carboxylic acids is 1. The molecule has 15 heteroatoms. The number of H-pyrrole nitrogens is 1. The first-order chi connectivity index (χ1) is 24.0. The van der Waals surface area contributed by atoms with Crippen LogP contribution in [0.1, 0.15) is 29.3 Å². The van der Waals surface area contributed by atoms with Gasteiger partial charge in [-0.2, -0.15) is 13.2 Å². The zero-order valence-electron chi connectivity index (χ0n) is 27.1. The Labute approximate surface area is 284 Å². The molecule has 2 heterocycles. The molecule has 1 aromatic heterocycles. The molecule has 266 valence electrons. The second kappa shape index (κ2) is 15.7. The van der Waals surface area contributed by atoms with Crippen LogP contribution in [0.3, 0.4) is 0 Å². The van der Waals surface area contributed by atoms with E-state index >= 15 is 0 Å². The number of nitrogens with zero attached hydrogens (tertiary/aromatic N) is 1. The van der Waals surface area contributed by atoms with Crippen LogP contribution in [-0.4, -0.2) is 79.0 Å². The van der Waals surface area contributed by atoms with Crippen LogP contribution in [0.15, 0.2) is 101 Å². The first kappa shape index (κ1) is 36.3. The van der Waals surface area contributed by atoms with Crippen molar-refractivity contribution in [3.8, 4) is 11.5 Å². The monoisotopic (exact) mass is 699 g/mol. The van der Waals surface area contributed by atoms with Gasteiger partial charge in [-0.3, -0.25) is 19.1 Å². The zero-order valence-corrected chi connectivity index (χ0v) is 27.1. The van der Waals surface area contributed by atoms with Crippen molar-refractivity contribution in [2.45, 2.75) is 42.7 Å². The highest BCUT2D eigenvalue weighted by Gasteiger charge is 2.48. The largest absolute Gasteiger partial charge is 0.497 e. The van der Waals surface area contributed by atoms with E-state index in [0.29, 0.717) is 22.6 Å². The molecule has 4 aromatic rings. The van der Waals surface area contributed by atoms with Crippen molar-refractivity contribution in [3.05, 3.63) is 129 Å². The quantitative estimate of drug-likeness (QED) is 0.133. The van der Waals surface area contributed by atoms with E-state index in [1.54, 1.807) is 43.8 Å². The van der Waals surface area contributed by atoms with Crippen LogP contribution in [0.5, 0.6) is 11.5 Å². The SMILES string of the molecule is COc1ccc(C(OC[C@H]2O[C@@H](n3ccc(=O)[nH]c3=O)[C@H](OCCCNC(=O)C(F)(F)F)[C@@H]2O)(c2ccccc2)c2ccc(OC)cc2)cc1. The third kappa shape index (κ3) is 7.91. The fraction of sp³-hybridized carbons (Fsp3) is 0.343. The first-order valence-electron chi connectivity index (χ1n) is 15.6. The van der Waals surface area contributed by atoms with E-state index in [1.165, 1.54) is 6.20 Å². The lowest BCUT2D eigenvalue weighted by atomic mass is 9.80. The molecule has 1 amide bonds.